The van der Waals surface area contributed by atoms with Crippen LogP contribution in [0.3, 0.4) is 0 Å². The Labute approximate surface area is 195 Å². The van der Waals surface area contributed by atoms with Crippen molar-refractivity contribution < 1.29 is 13.2 Å². The molecule has 0 radical (unpaired) electrons. The van der Waals surface area contributed by atoms with E-state index in [1.807, 2.05) is 4.90 Å². The lowest BCUT2D eigenvalue weighted by Gasteiger charge is -2.36. The number of carbonyl (C=O) groups excluding carboxylic acids is 1. The van der Waals surface area contributed by atoms with Gasteiger partial charge in [-0.1, -0.05) is 19.9 Å². The molecule has 1 aromatic carbocycles. The summed E-state index contributed by atoms with van der Waals surface area (Å²) in [5.41, 5.74) is 0.884. The normalized spacial score (nSPS) is 22.1. The molecule has 33 heavy (non-hydrogen) atoms. The van der Waals surface area contributed by atoms with Crippen LogP contribution < -0.4 is 4.90 Å². The molecule has 4 rings (SSSR count). The van der Waals surface area contributed by atoms with Crippen LogP contribution in [-0.4, -0.2) is 67.8 Å². The average molecular weight is 468 g/mol. The van der Waals surface area contributed by atoms with Crippen molar-refractivity contribution in [2.24, 2.45) is 11.8 Å². The lowest BCUT2D eigenvalue weighted by molar-refractivity contribution is 0.0746. The molecule has 2 unspecified atom stereocenters. The fourth-order valence-electron chi connectivity index (χ4n) is 4.78. The summed E-state index contributed by atoms with van der Waals surface area (Å²) in [6.07, 6.45) is 2.67. The summed E-state index contributed by atoms with van der Waals surface area (Å²) in [6, 6.07) is 12.0. The van der Waals surface area contributed by atoms with E-state index < -0.39 is 10.0 Å². The number of anilines is 1. The molecule has 2 fully saturated rings. The highest BCUT2D eigenvalue weighted by Crippen LogP contribution is 2.27. The second-order valence-electron chi connectivity index (χ2n) is 9.06. The molecule has 3 heterocycles. The summed E-state index contributed by atoms with van der Waals surface area (Å²) in [4.78, 5) is 21.4. The molecular weight excluding hydrogens is 438 g/mol. The van der Waals surface area contributed by atoms with Gasteiger partial charge in [-0.2, -0.15) is 9.57 Å². The van der Waals surface area contributed by atoms with Crippen LogP contribution in [-0.2, 0) is 10.0 Å². The molecule has 2 saturated heterocycles. The molecule has 0 aliphatic carbocycles. The molecule has 0 saturated carbocycles. The Morgan fingerprint density at radius 3 is 2.42 bits per heavy atom. The largest absolute Gasteiger partial charge is 0.352 e. The van der Waals surface area contributed by atoms with Gasteiger partial charge in [-0.25, -0.2) is 13.4 Å². The minimum atomic E-state index is -3.65. The molecule has 1 amide bonds. The molecule has 2 aliphatic rings. The Kier molecular flexibility index (Phi) is 6.68. The summed E-state index contributed by atoms with van der Waals surface area (Å²) < 4.78 is 28.1. The molecule has 8 nitrogen and oxygen atoms in total. The highest BCUT2D eigenvalue weighted by atomic mass is 32.2. The first-order valence-electron chi connectivity index (χ1n) is 11.3. The Morgan fingerprint density at radius 1 is 1.06 bits per heavy atom. The summed E-state index contributed by atoms with van der Waals surface area (Å²) in [7, 11) is -3.65. The molecule has 0 bridgehead atoms. The fourth-order valence-corrected chi connectivity index (χ4v) is 6.51. The number of amides is 1. The number of hydrogen-bond donors (Lipinski definition) is 0. The van der Waals surface area contributed by atoms with Crippen molar-refractivity contribution in [3.05, 3.63) is 53.7 Å². The van der Waals surface area contributed by atoms with Crippen molar-refractivity contribution >= 4 is 21.7 Å². The summed E-state index contributed by atoms with van der Waals surface area (Å²) in [6.45, 7) is 7.20. The van der Waals surface area contributed by atoms with Crippen molar-refractivity contribution in [1.82, 2.24) is 14.2 Å². The minimum Gasteiger partial charge on any atom is -0.352 e. The Morgan fingerprint density at radius 2 is 1.76 bits per heavy atom. The number of carbonyl (C=O) groups is 1. The maximum atomic E-state index is 13.3. The number of benzene rings is 1. The van der Waals surface area contributed by atoms with Gasteiger partial charge in [0.05, 0.1) is 10.5 Å². The molecule has 0 spiro atoms. The lowest BCUT2D eigenvalue weighted by atomic mass is 9.94. The van der Waals surface area contributed by atoms with Gasteiger partial charge in [0.1, 0.15) is 11.9 Å². The quantitative estimate of drug-likeness (QED) is 0.686. The molecule has 0 N–H and O–H groups in total. The van der Waals surface area contributed by atoms with Gasteiger partial charge < -0.3 is 9.80 Å². The third-order valence-corrected chi connectivity index (χ3v) is 8.16. The number of piperazine rings is 1. The molecule has 9 heteroatoms. The van der Waals surface area contributed by atoms with Crippen LogP contribution in [0.5, 0.6) is 0 Å². The van der Waals surface area contributed by atoms with Crippen LogP contribution in [0.15, 0.2) is 47.5 Å². The lowest BCUT2D eigenvalue weighted by Crippen LogP contribution is -2.49. The van der Waals surface area contributed by atoms with E-state index in [2.05, 4.69) is 24.9 Å². The van der Waals surface area contributed by atoms with E-state index in [1.165, 1.54) is 6.07 Å². The predicted molar refractivity (Wildman–Crippen MR) is 125 cm³/mol. The van der Waals surface area contributed by atoms with Crippen LogP contribution in [0.4, 0.5) is 5.82 Å². The zero-order chi connectivity index (χ0) is 23.6. The molecule has 1 aromatic heterocycles. The number of sulfonamides is 1. The van der Waals surface area contributed by atoms with Gasteiger partial charge in [-0.3, -0.25) is 4.79 Å². The van der Waals surface area contributed by atoms with E-state index in [1.54, 1.807) is 45.7 Å². The van der Waals surface area contributed by atoms with Gasteiger partial charge in [-0.15, -0.1) is 0 Å². The van der Waals surface area contributed by atoms with Gasteiger partial charge in [0.2, 0.25) is 10.0 Å². The molecule has 2 atom stereocenters. The zero-order valence-corrected chi connectivity index (χ0v) is 19.8. The number of nitriles is 1. The number of nitrogens with zero attached hydrogens (tertiary/aromatic N) is 5. The van der Waals surface area contributed by atoms with Gasteiger partial charge in [-0.05, 0) is 48.6 Å². The standard InChI is InChI=1S/C24H29N5O3S/c1-18-13-19(2)17-29(16-18)33(31,32)22-7-3-5-20(14-22)24(30)28-11-9-27(10-12-28)23-21(15-25)6-4-8-26-23/h3-8,14,18-19H,9-13,16-17H2,1-2H3. The van der Waals surface area contributed by atoms with Crippen LogP contribution in [0.1, 0.15) is 36.2 Å². The van der Waals surface area contributed by atoms with Crippen molar-refractivity contribution in [1.29, 1.82) is 5.26 Å². The number of rotatable bonds is 4. The highest BCUT2D eigenvalue weighted by molar-refractivity contribution is 7.89. The zero-order valence-electron chi connectivity index (χ0n) is 19.0. The van der Waals surface area contributed by atoms with Crippen LogP contribution in [0.25, 0.3) is 0 Å². The van der Waals surface area contributed by atoms with Crippen molar-refractivity contribution in [2.75, 3.05) is 44.2 Å². The van der Waals surface area contributed by atoms with E-state index in [4.69, 9.17) is 0 Å². The van der Waals surface area contributed by atoms with Gasteiger partial charge >= 0.3 is 0 Å². The van der Waals surface area contributed by atoms with Crippen molar-refractivity contribution in [3.8, 4) is 6.07 Å². The maximum absolute atomic E-state index is 13.3. The van der Waals surface area contributed by atoms with Crippen LogP contribution >= 0.6 is 0 Å². The second kappa shape index (κ2) is 9.49. The average Bonchev–Trinajstić information content (AvgIpc) is 2.83. The van der Waals surface area contributed by atoms with Crippen molar-refractivity contribution in [2.45, 2.75) is 25.2 Å². The third-order valence-electron chi connectivity index (χ3n) is 6.33. The first kappa shape index (κ1) is 23.2. The van der Waals surface area contributed by atoms with Gasteiger partial charge in [0.25, 0.3) is 5.91 Å². The SMILES string of the molecule is CC1CC(C)CN(S(=O)(=O)c2cccc(C(=O)N3CCN(c4ncccc4C#N)CC3)c2)C1. The van der Waals surface area contributed by atoms with Crippen molar-refractivity contribution in [3.63, 3.8) is 0 Å². The minimum absolute atomic E-state index is 0.167. The topological polar surface area (TPSA) is 97.6 Å². The number of hydrogen-bond acceptors (Lipinski definition) is 6. The molecular formula is C24H29N5O3S. The first-order chi connectivity index (χ1) is 15.8. The van der Waals surface area contributed by atoms with E-state index in [0.717, 1.165) is 6.42 Å². The maximum Gasteiger partial charge on any atom is 0.254 e. The van der Waals surface area contributed by atoms with Gasteiger partial charge in [0, 0.05) is 51.0 Å². The van der Waals surface area contributed by atoms with E-state index in [-0.39, 0.29) is 10.8 Å². The van der Waals surface area contributed by atoms with E-state index in [0.29, 0.717) is 68.0 Å². The Bertz CT molecular complexity index is 1160. The number of piperidine rings is 1. The monoisotopic (exact) mass is 467 g/mol. The third kappa shape index (κ3) is 4.87. The second-order valence-corrected chi connectivity index (χ2v) is 11.0. The van der Waals surface area contributed by atoms with E-state index in [9.17, 15) is 18.5 Å². The number of aromatic nitrogens is 1. The van der Waals surface area contributed by atoms with E-state index >= 15 is 0 Å². The summed E-state index contributed by atoms with van der Waals surface area (Å²) in [5.74, 6) is 1.06. The first-order valence-corrected chi connectivity index (χ1v) is 12.7. The summed E-state index contributed by atoms with van der Waals surface area (Å²) in [5, 5.41) is 9.32. The molecule has 2 aliphatic heterocycles. The fraction of sp³-hybridized carbons (Fsp3) is 0.458. The predicted octanol–water partition coefficient (Wildman–Crippen LogP) is 2.58. The Hall–Kier alpha value is -2.96. The van der Waals surface area contributed by atoms with Gasteiger partial charge in [0.15, 0.2) is 0 Å². The molecule has 174 valence electrons. The highest BCUT2D eigenvalue weighted by Gasteiger charge is 2.32. The smallest absolute Gasteiger partial charge is 0.254 e. The van der Waals surface area contributed by atoms with Crippen LogP contribution in [0.2, 0.25) is 0 Å². The Balaban J connectivity index is 1.47. The van der Waals surface area contributed by atoms with Crippen LogP contribution in [0, 0.1) is 23.2 Å². The summed E-state index contributed by atoms with van der Waals surface area (Å²) >= 11 is 0. The molecule has 2 aromatic rings. The number of pyridine rings is 1.